The van der Waals surface area contributed by atoms with Crippen molar-refractivity contribution < 1.29 is 23.0 Å². The summed E-state index contributed by atoms with van der Waals surface area (Å²) in [5.74, 6) is 5.27. The van der Waals surface area contributed by atoms with Gasteiger partial charge in [0.2, 0.25) is 0 Å². The molecule has 1 unspecified atom stereocenters. The summed E-state index contributed by atoms with van der Waals surface area (Å²) in [6.45, 7) is 3.56. The molecule has 0 bridgehead atoms. The molecule has 3 nitrogen and oxygen atoms in total. The Labute approximate surface area is 242 Å². The van der Waals surface area contributed by atoms with Crippen LogP contribution >= 0.6 is 0 Å². The van der Waals surface area contributed by atoms with E-state index in [-0.39, 0.29) is 6.61 Å². The Morgan fingerprint density at radius 1 is 0.805 bits per heavy atom. The molecule has 1 saturated carbocycles. The number of hydrogen-bond donors (Lipinski definition) is 0. The average Bonchev–Trinajstić information content (AvgIpc) is 3.41. The van der Waals surface area contributed by atoms with Crippen molar-refractivity contribution in [2.24, 2.45) is 0 Å². The number of halogens is 2. The lowest BCUT2D eigenvalue weighted by Gasteiger charge is -2.23. The molecular formula is C35H31F2O3S+. The van der Waals surface area contributed by atoms with Crippen molar-refractivity contribution in [3.63, 3.8) is 0 Å². The minimum atomic E-state index is -0.797. The van der Waals surface area contributed by atoms with E-state index in [4.69, 9.17) is 9.47 Å². The molecule has 6 heteroatoms. The maximum absolute atomic E-state index is 14.2. The first kappa shape index (κ1) is 28.4. The third kappa shape index (κ3) is 6.99. The second kappa shape index (κ2) is 12.6. The first-order valence-electron chi connectivity index (χ1n) is 13.6. The van der Waals surface area contributed by atoms with Crippen LogP contribution in [-0.4, -0.2) is 18.2 Å². The number of esters is 1. The summed E-state index contributed by atoms with van der Waals surface area (Å²) in [5, 5.41) is 0. The van der Waals surface area contributed by atoms with Gasteiger partial charge < -0.3 is 9.47 Å². The number of carbonyl (C=O) groups is 1. The van der Waals surface area contributed by atoms with Crippen molar-refractivity contribution in [1.82, 2.24) is 0 Å². The van der Waals surface area contributed by atoms with Gasteiger partial charge in [-0.15, -0.1) is 0 Å². The number of benzene rings is 4. The SMILES string of the molecule is Cc1cc([S+](c2ccccc2)c2cc(F)cc(F)c2)cc(C)c1OCC(=O)OC1(C#Cc2ccccc2)CCCC1. The van der Waals surface area contributed by atoms with Gasteiger partial charge in [0.1, 0.15) is 17.4 Å². The number of ether oxygens (including phenoxy) is 2. The summed E-state index contributed by atoms with van der Waals surface area (Å²) in [7, 11) is -0.746. The third-order valence-electron chi connectivity index (χ3n) is 6.98. The Bertz CT molecular complexity index is 1540. The lowest BCUT2D eigenvalue weighted by molar-refractivity contribution is -0.156. The Morgan fingerprint density at radius 2 is 1.37 bits per heavy atom. The number of carbonyl (C=O) groups excluding carboxylic acids is 1. The van der Waals surface area contributed by atoms with Gasteiger partial charge in [0.25, 0.3) is 0 Å². The molecule has 4 aromatic rings. The predicted molar refractivity (Wildman–Crippen MR) is 157 cm³/mol. The summed E-state index contributed by atoms with van der Waals surface area (Å²) in [6.07, 6.45) is 3.31. The highest BCUT2D eigenvalue weighted by molar-refractivity contribution is 7.97. The summed E-state index contributed by atoms with van der Waals surface area (Å²) in [6, 6.07) is 26.9. The minimum Gasteiger partial charge on any atom is -0.481 e. The molecule has 0 aromatic heterocycles. The van der Waals surface area contributed by atoms with Gasteiger partial charge in [0.05, 0.1) is 10.9 Å². The second-order valence-electron chi connectivity index (χ2n) is 10.2. The van der Waals surface area contributed by atoms with Crippen molar-refractivity contribution in [1.29, 1.82) is 0 Å². The molecule has 4 aromatic carbocycles. The lowest BCUT2D eigenvalue weighted by Crippen LogP contribution is -2.32. The quantitative estimate of drug-likeness (QED) is 0.129. The molecule has 41 heavy (non-hydrogen) atoms. The van der Waals surface area contributed by atoms with E-state index in [0.29, 0.717) is 23.5 Å². The molecule has 1 aliphatic carbocycles. The van der Waals surface area contributed by atoms with Gasteiger partial charge in [-0.2, -0.15) is 0 Å². The van der Waals surface area contributed by atoms with E-state index < -0.39 is 34.1 Å². The normalized spacial score (nSPS) is 14.5. The second-order valence-corrected chi connectivity index (χ2v) is 12.2. The Hall–Kier alpha value is -4.08. The van der Waals surface area contributed by atoms with Crippen molar-refractivity contribution in [2.75, 3.05) is 6.61 Å². The number of hydrogen-bond acceptors (Lipinski definition) is 3. The fourth-order valence-electron chi connectivity index (χ4n) is 5.15. The van der Waals surface area contributed by atoms with Gasteiger partial charge in [0, 0.05) is 35.9 Å². The molecule has 0 spiro atoms. The van der Waals surface area contributed by atoms with Crippen molar-refractivity contribution in [3.05, 3.63) is 119 Å². The molecule has 0 N–H and O–H groups in total. The molecule has 0 aliphatic heterocycles. The van der Waals surface area contributed by atoms with Gasteiger partial charge in [-0.25, -0.2) is 13.6 Å². The van der Waals surface area contributed by atoms with Gasteiger partial charge in [-0.3, -0.25) is 0 Å². The maximum Gasteiger partial charge on any atom is 0.345 e. The zero-order valence-corrected chi connectivity index (χ0v) is 23.9. The monoisotopic (exact) mass is 569 g/mol. The molecule has 1 fully saturated rings. The van der Waals surface area contributed by atoms with Gasteiger partial charge in [0.15, 0.2) is 26.9 Å². The fraction of sp³-hybridized carbons (Fsp3) is 0.229. The molecule has 1 atom stereocenters. The average molecular weight is 570 g/mol. The number of aryl methyl sites for hydroxylation is 2. The molecule has 0 saturated heterocycles. The molecule has 0 radical (unpaired) electrons. The molecule has 208 valence electrons. The highest BCUT2D eigenvalue weighted by Gasteiger charge is 2.36. The van der Waals surface area contributed by atoms with Gasteiger partial charge in [-0.1, -0.05) is 42.3 Å². The van der Waals surface area contributed by atoms with Crippen molar-refractivity contribution in [2.45, 2.75) is 59.8 Å². The zero-order valence-electron chi connectivity index (χ0n) is 23.1. The standard InChI is InChI=1S/C35H31F2O3S/c1-25-19-31(41(30-13-7-4-8-14-30)32-22-28(36)21-29(37)23-32)20-26(2)34(25)39-24-33(38)40-35(16-9-10-17-35)18-15-27-11-5-3-6-12-27/h3-8,11-14,19-23H,9-10,16-17,24H2,1-2H3/q+1. The van der Waals surface area contributed by atoms with Gasteiger partial charge in [-0.05, 0) is 80.8 Å². The highest BCUT2D eigenvalue weighted by atomic mass is 32.2. The van der Waals surface area contributed by atoms with Crippen LogP contribution in [0, 0.1) is 37.3 Å². The summed E-state index contributed by atoms with van der Waals surface area (Å²) in [5.41, 5.74) is 1.72. The highest BCUT2D eigenvalue weighted by Crippen LogP contribution is 2.37. The summed E-state index contributed by atoms with van der Waals surface area (Å²) in [4.78, 5) is 15.3. The Morgan fingerprint density at radius 3 is 1.98 bits per heavy atom. The Balaban J connectivity index is 1.35. The van der Waals surface area contributed by atoms with Crippen molar-refractivity contribution >= 4 is 16.9 Å². The molecule has 1 aliphatic rings. The van der Waals surface area contributed by atoms with Crippen LogP contribution in [-0.2, 0) is 20.4 Å². The van der Waals surface area contributed by atoms with E-state index >= 15 is 0 Å². The first-order chi connectivity index (χ1) is 19.8. The summed E-state index contributed by atoms with van der Waals surface area (Å²) < 4.78 is 40.3. The Kier molecular flexibility index (Phi) is 8.75. The predicted octanol–water partition coefficient (Wildman–Crippen LogP) is 7.96. The third-order valence-corrected chi connectivity index (χ3v) is 9.14. The number of rotatable bonds is 7. The zero-order chi connectivity index (χ0) is 28.8. The minimum absolute atomic E-state index is 0.241. The van der Waals surface area contributed by atoms with Gasteiger partial charge >= 0.3 is 5.97 Å². The maximum atomic E-state index is 14.2. The molecule has 5 rings (SSSR count). The molecule has 0 heterocycles. The van der Waals surface area contributed by atoms with E-state index in [9.17, 15) is 13.6 Å². The molecular weight excluding hydrogens is 538 g/mol. The van der Waals surface area contributed by atoms with Crippen LogP contribution in [0.25, 0.3) is 0 Å². The lowest BCUT2D eigenvalue weighted by atomic mass is 10.0. The fourth-order valence-corrected chi connectivity index (χ4v) is 7.45. The van der Waals surface area contributed by atoms with E-state index in [0.717, 1.165) is 45.4 Å². The molecule has 0 amide bonds. The largest absolute Gasteiger partial charge is 0.481 e. The van der Waals surface area contributed by atoms with E-state index in [1.165, 1.54) is 12.1 Å². The van der Waals surface area contributed by atoms with E-state index in [2.05, 4.69) is 11.8 Å². The van der Waals surface area contributed by atoms with Crippen LogP contribution < -0.4 is 4.74 Å². The smallest absolute Gasteiger partial charge is 0.345 e. The van der Waals surface area contributed by atoms with Crippen LogP contribution in [0.15, 0.2) is 106 Å². The van der Waals surface area contributed by atoms with E-state index in [1.807, 2.05) is 86.6 Å². The topological polar surface area (TPSA) is 35.5 Å². The summed E-state index contributed by atoms with van der Waals surface area (Å²) >= 11 is 0. The van der Waals surface area contributed by atoms with Crippen LogP contribution in [0.2, 0.25) is 0 Å². The van der Waals surface area contributed by atoms with Crippen LogP contribution in [0.1, 0.15) is 42.4 Å². The van der Waals surface area contributed by atoms with Crippen LogP contribution in [0.4, 0.5) is 8.78 Å². The van der Waals surface area contributed by atoms with Crippen LogP contribution in [0.5, 0.6) is 5.75 Å². The van der Waals surface area contributed by atoms with Crippen molar-refractivity contribution in [3.8, 4) is 17.6 Å². The first-order valence-corrected chi connectivity index (χ1v) is 14.8. The van der Waals surface area contributed by atoms with Crippen LogP contribution in [0.3, 0.4) is 0 Å². The van der Waals surface area contributed by atoms with E-state index in [1.54, 1.807) is 0 Å².